The second-order valence-electron chi connectivity index (χ2n) is 37.1. The van der Waals surface area contributed by atoms with Crippen molar-refractivity contribution in [2.24, 2.45) is 0 Å². The highest BCUT2D eigenvalue weighted by atomic mass is 32.2. The Bertz CT molecular complexity index is 2600. The van der Waals surface area contributed by atoms with Crippen LogP contribution in [0.4, 0.5) is 23.3 Å². The lowest BCUT2D eigenvalue weighted by atomic mass is 10.1. The number of unbranched alkanes of at least 4 members (excludes halogenated alkanes) is 72. The number of aromatic nitrogens is 3. The molecule has 1 aromatic heterocycles. The van der Waals surface area contributed by atoms with E-state index in [1.807, 2.05) is 0 Å². The lowest BCUT2D eigenvalue weighted by Crippen LogP contribution is -2.06. The molecule has 4 rings (SSSR count). The van der Waals surface area contributed by atoms with Crippen LogP contribution in [0.3, 0.4) is 0 Å². The zero-order valence-corrected chi connectivity index (χ0v) is 86.3. The van der Waals surface area contributed by atoms with Gasteiger partial charge in [0, 0.05) is 46.3 Å². The van der Waals surface area contributed by atoms with Gasteiger partial charge >= 0.3 is 0 Å². The number of rotatable bonds is 95. The predicted octanol–water partition coefficient (Wildman–Crippen LogP) is 42.1. The Kier molecular flexibility index (Phi) is 80.7. The van der Waals surface area contributed by atoms with Gasteiger partial charge in [-0.3, -0.25) is 0 Å². The van der Waals surface area contributed by atoms with Crippen LogP contribution in [-0.4, -0.2) is 49.5 Å². The molecule has 2 N–H and O–H groups in total. The van der Waals surface area contributed by atoms with E-state index in [-0.39, 0.29) is 0 Å². The van der Waals surface area contributed by atoms with Gasteiger partial charge in [0.1, 0.15) is 0 Å². The van der Waals surface area contributed by atoms with Crippen molar-refractivity contribution in [3.63, 3.8) is 0 Å². The SMILES string of the molecule is CCCCCCCCCCCCCCCSc1cc(Nc2nc(Nc3cc(SCCCCCCCCCCCCCCC)c(SCCCCCCCCCCCCCCC)c(SCCCCCCCCCCCCCCC)c3)nc(-c3ccccc3)n2)cc(SCCCCCCCCCCCCCCC)c1SCCCCCCCCCCCCCCC. The third-order valence-corrected chi connectivity index (χ3v) is 32.7. The summed E-state index contributed by atoms with van der Waals surface area (Å²) in [6, 6.07) is 20.7. The minimum atomic E-state index is 0.604. The number of nitrogens with one attached hydrogen (secondary N) is 2. The van der Waals surface area contributed by atoms with Gasteiger partial charge in [0.15, 0.2) is 5.82 Å². The summed E-state index contributed by atoms with van der Waals surface area (Å²) in [5.41, 5.74) is 3.19. The molecule has 0 fully saturated rings. The fraction of sp³-hybridized carbons (Fsp3) is 0.811. The van der Waals surface area contributed by atoms with Gasteiger partial charge < -0.3 is 10.6 Å². The maximum Gasteiger partial charge on any atom is 0.232 e. The summed E-state index contributed by atoms with van der Waals surface area (Å²) < 4.78 is 0. The molecule has 0 saturated carbocycles. The van der Waals surface area contributed by atoms with E-state index < -0.39 is 0 Å². The summed E-state index contributed by atoms with van der Waals surface area (Å²) >= 11 is 12.8. The Morgan fingerprint density at radius 2 is 0.352 bits per heavy atom. The van der Waals surface area contributed by atoms with Crippen molar-refractivity contribution in [2.45, 2.75) is 572 Å². The van der Waals surface area contributed by atoms with Crippen LogP contribution in [0, 0.1) is 0 Å². The van der Waals surface area contributed by atoms with Crippen LogP contribution in [0.15, 0.2) is 84.0 Å². The lowest BCUT2D eigenvalue weighted by Gasteiger charge is -2.19. The Labute approximate surface area is 785 Å². The molecule has 3 aromatic carbocycles. The molecule has 702 valence electrons. The van der Waals surface area contributed by atoms with Crippen LogP contribution < -0.4 is 10.6 Å². The summed E-state index contributed by atoms with van der Waals surface area (Å²) in [6.45, 7) is 14.0. The van der Waals surface area contributed by atoms with E-state index in [4.69, 9.17) is 15.0 Å². The highest BCUT2D eigenvalue weighted by Gasteiger charge is 2.20. The van der Waals surface area contributed by atoms with E-state index in [1.54, 1.807) is 0 Å². The van der Waals surface area contributed by atoms with Gasteiger partial charge in [0.05, 0.1) is 0 Å². The molecule has 1 heterocycles. The van der Waals surface area contributed by atoms with Crippen molar-refractivity contribution in [1.82, 2.24) is 15.0 Å². The zero-order valence-electron chi connectivity index (χ0n) is 81.4. The van der Waals surface area contributed by atoms with Crippen molar-refractivity contribution in [1.29, 1.82) is 0 Å². The van der Waals surface area contributed by atoms with Crippen molar-refractivity contribution in [3.8, 4) is 11.4 Å². The number of thioether (sulfide) groups is 6. The quantitative estimate of drug-likeness (QED) is 0.0328. The monoisotopic (exact) mass is 1790 g/mol. The summed E-state index contributed by atoms with van der Waals surface area (Å²) in [6.07, 6.45) is 109. The second kappa shape index (κ2) is 87.4. The second-order valence-corrected chi connectivity index (χ2v) is 43.8. The van der Waals surface area contributed by atoms with Gasteiger partial charge in [-0.25, -0.2) is 0 Å². The van der Waals surface area contributed by atoms with E-state index >= 15 is 0 Å². The normalized spacial score (nSPS) is 11.7. The molecule has 0 bridgehead atoms. The molecule has 0 aliphatic rings. The number of hydrogen-bond donors (Lipinski definition) is 2. The van der Waals surface area contributed by atoms with Crippen molar-refractivity contribution >= 4 is 93.8 Å². The van der Waals surface area contributed by atoms with E-state index in [2.05, 4.69) is 177 Å². The van der Waals surface area contributed by atoms with Crippen molar-refractivity contribution < 1.29 is 0 Å². The van der Waals surface area contributed by atoms with Gasteiger partial charge in [0.25, 0.3) is 0 Å². The van der Waals surface area contributed by atoms with Crippen LogP contribution >= 0.6 is 70.6 Å². The molecule has 0 unspecified atom stereocenters. The molecule has 0 saturated heterocycles. The molecule has 122 heavy (non-hydrogen) atoms. The molecular weight excluding hydrogens is 1600 g/mol. The summed E-state index contributed by atoms with van der Waals surface area (Å²) in [4.78, 5) is 25.0. The molecule has 0 aliphatic heterocycles. The molecule has 5 nitrogen and oxygen atoms in total. The van der Waals surface area contributed by atoms with Gasteiger partial charge in [-0.05, 0) is 97.3 Å². The third-order valence-electron chi connectivity index (χ3n) is 25.2. The summed E-state index contributed by atoms with van der Waals surface area (Å²) in [5.74, 6) is 8.91. The number of hydrogen-bond acceptors (Lipinski definition) is 11. The Morgan fingerprint density at radius 1 is 0.189 bits per heavy atom. The maximum atomic E-state index is 5.44. The van der Waals surface area contributed by atoms with Crippen LogP contribution in [0.25, 0.3) is 11.4 Å². The van der Waals surface area contributed by atoms with Crippen LogP contribution in [0.2, 0.25) is 0 Å². The molecular formula is C111H197N5S6. The van der Waals surface area contributed by atoms with Gasteiger partial charge in [-0.15, -0.1) is 70.6 Å². The molecule has 11 heteroatoms. The molecule has 0 amide bonds. The molecule has 0 radical (unpaired) electrons. The largest absolute Gasteiger partial charge is 0.324 e. The minimum absolute atomic E-state index is 0.604. The molecule has 0 atom stereocenters. The van der Waals surface area contributed by atoms with E-state index in [9.17, 15) is 0 Å². The third kappa shape index (κ3) is 65.0. The topological polar surface area (TPSA) is 62.7 Å². The van der Waals surface area contributed by atoms with Gasteiger partial charge in [-0.1, -0.05) is 534 Å². The fourth-order valence-electron chi connectivity index (χ4n) is 17.3. The first-order valence-electron chi connectivity index (χ1n) is 54.0. The lowest BCUT2D eigenvalue weighted by molar-refractivity contribution is 0.543. The zero-order chi connectivity index (χ0) is 86.5. The number of nitrogens with zero attached hydrogens (tertiary/aromatic N) is 3. The van der Waals surface area contributed by atoms with E-state index in [0.717, 1.165) is 39.9 Å². The van der Waals surface area contributed by atoms with Crippen LogP contribution in [0.1, 0.15) is 542 Å². The maximum absolute atomic E-state index is 5.44. The first kappa shape index (κ1) is 113. The highest BCUT2D eigenvalue weighted by Crippen LogP contribution is 2.45. The Hall–Kier alpha value is -1.63. The number of benzene rings is 3. The smallest absolute Gasteiger partial charge is 0.232 e. The van der Waals surface area contributed by atoms with Crippen molar-refractivity contribution in [2.75, 3.05) is 45.2 Å². The first-order valence-corrected chi connectivity index (χ1v) is 59.9. The Balaban J connectivity index is 1.68. The van der Waals surface area contributed by atoms with E-state index in [0.29, 0.717) is 17.7 Å². The van der Waals surface area contributed by atoms with Crippen LogP contribution in [-0.2, 0) is 0 Å². The summed E-state index contributed by atoms with van der Waals surface area (Å²) in [7, 11) is 0. The summed E-state index contributed by atoms with van der Waals surface area (Å²) in [5, 5.41) is 7.91. The fourth-order valence-corrected chi connectivity index (χ4v) is 24.8. The van der Waals surface area contributed by atoms with Gasteiger partial charge in [-0.2, -0.15) is 15.0 Å². The average Bonchev–Trinajstić information content (AvgIpc) is 0.806. The molecule has 0 aliphatic carbocycles. The molecule has 0 spiro atoms. The first-order chi connectivity index (χ1) is 60.5. The average molecular weight is 1790 g/mol. The number of anilines is 4. The molecule has 4 aromatic rings. The van der Waals surface area contributed by atoms with Crippen LogP contribution in [0.5, 0.6) is 0 Å². The highest BCUT2D eigenvalue weighted by molar-refractivity contribution is 8.04. The van der Waals surface area contributed by atoms with Gasteiger partial charge in [0.2, 0.25) is 11.9 Å². The van der Waals surface area contributed by atoms with E-state index in [1.165, 1.54) is 542 Å². The standard InChI is InChI=1S/C111H197N5S6/c1-7-13-19-25-31-37-43-49-55-61-67-73-82-90-117-103-96-101(97-104(118-91-83-74-68-62-56-50-44-38-32-26-20-14-8-2)107(103)121-94-86-77-71-65-59-53-47-41-35-29-23-17-11-5)112-110-114-109(100-88-80-79-81-89-100)115-111(116-110)113-102-98-105(119-92-84-75-69-63-57-51-45-39-33-27-21-15-9-3)108(122-95-87-78-72-66-60-54-48-42-36-30-24-18-12-6)106(99-102)120-93-85-76-70-64-58-52-46-40-34-28-22-16-10-4/h79-81,88-89,96-99H,7-78,82-87,90-95H2,1-6H3,(H2,112,113,114,115,116). The van der Waals surface area contributed by atoms with Crippen molar-refractivity contribution in [3.05, 3.63) is 54.6 Å². The predicted molar refractivity (Wildman–Crippen MR) is 563 cm³/mol. The Morgan fingerprint density at radius 3 is 0.533 bits per heavy atom. The minimum Gasteiger partial charge on any atom is -0.324 e.